The fourth-order valence-corrected chi connectivity index (χ4v) is 1.99. The quantitative estimate of drug-likeness (QED) is 0.725. The van der Waals surface area contributed by atoms with Crippen LogP contribution < -0.4 is 0 Å². The zero-order valence-corrected chi connectivity index (χ0v) is 12.5. The van der Waals surface area contributed by atoms with Gasteiger partial charge in [-0.2, -0.15) is 0 Å². The average Bonchev–Trinajstić information content (AvgIpc) is 2.63. The van der Waals surface area contributed by atoms with Gasteiger partial charge in [0.2, 0.25) is 5.79 Å². The number of carbonyl (C=O) groups is 1. The molecule has 0 unspecified atom stereocenters. The van der Waals surface area contributed by atoms with E-state index in [0.29, 0.717) is 0 Å². The van der Waals surface area contributed by atoms with E-state index in [9.17, 15) is 9.90 Å². The minimum atomic E-state index is -1.35. The molecule has 0 bridgehead atoms. The summed E-state index contributed by atoms with van der Waals surface area (Å²) in [6, 6.07) is 0. The van der Waals surface area contributed by atoms with Crippen LogP contribution in [-0.2, 0) is 23.7 Å². The van der Waals surface area contributed by atoms with Gasteiger partial charge in [-0.15, -0.1) is 0 Å². The Morgan fingerprint density at radius 1 is 1.37 bits per heavy atom. The smallest absolute Gasteiger partial charge is 0.225 e. The van der Waals surface area contributed by atoms with E-state index in [1.165, 1.54) is 21.1 Å². The van der Waals surface area contributed by atoms with E-state index in [1.807, 2.05) is 0 Å². The van der Waals surface area contributed by atoms with E-state index in [0.717, 1.165) is 0 Å². The highest BCUT2D eigenvalue weighted by molar-refractivity contribution is 5.86. The Bertz CT molecular complexity index is 336. The molecule has 0 aromatic rings. The monoisotopic (exact) mass is 276 g/mol. The van der Waals surface area contributed by atoms with Gasteiger partial charge in [-0.25, -0.2) is 0 Å². The Kier molecular flexibility index (Phi) is 4.75. The Balaban J connectivity index is 2.70. The van der Waals surface area contributed by atoms with Gasteiger partial charge in [0.05, 0.1) is 12.7 Å². The number of hydrogen-bond donors (Lipinski definition) is 1. The lowest BCUT2D eigenvalue weighted by molar-refractivity contribution is -0.206. The van der Waals surface area contributed by atoms with Gasteiger partial charge in [-0.3, -0.25) is 4.79 Å². The molecule has 0 amide bonds. The van der Waals surface area contributed by atoms with Crippen molar-refractivity contribution in [3.63, 3.8) is 0 Å². The van der Waals surface area contributed by atoms with Crippen molar-refractivity contribution in [1.29, 1.82) is 0 Å². The fourth-order valence-electron chi connectivity index (χ4n) is 1.99. The van der Waals surface area contributed by atoms with Crippen molar-refractivity contribution in [2.75, 3.05) is 20.8 Å². The van der Waals surface area contributed by atoms with E-state index in [1.54, 1.807) is 20.8 Å². The predicted molar refractivity (Wildman–Crippen MR) is 67.6 cm³/mol. The summed E-state index contributed by atoms with van der Waals surface area (Å²) in [5, 5.41) is 10.2. The van der Waals surface area contributed by atoms with Crippen molar-refractivity contribution in [2.24, 2.45) is 0 Å². The van der Waals surface area contributed by atoms with Gasteiger partial charge in [0.1, 0.15) is 5.60 Å². The van der Waals surface area contributed by atoms with Crippen LogP contribution in [0.1, 0.15) is 34.1 Å². The molecule has 0 aromatic heterocycles. The molecule has 6 nitrogen and oxygen atoms in total. The van der Waals surface area contributed by atoms with Crippen LogP contribution in [0.2, 0.25) is 0 Å². The number of aliphatic hydroxyl groups is 1. The molecule has 1 aliphatic rings. The first-order valence-electron chi connectivity index (χ1n) is 6.24. The molecular formula is C13H24O6. The summed E-state index contributed by atoms with van der Waals surface area (Å²) >= 11 is 0. The second-order valence-electron chi connectivity index (χ2n) is 5.60. The van der Waals surface area contributed by atoms with Gasteiger partial charge in [-0.05, 0) is 27.7 Å². The Morgan fingerprint density at radius 2 is 1.89 bits per heavy atom. The third kappa shape index (κ3) is 3.52. The van der Waals surface area contributed by atoms with Crippen molar-refractivity contribution in [1.82, 2.24) is 0 Å². The molecule has 1 saturated heterocycles. The van der Waals surface area contributed by atoms with Gasteiger partial charge < -0.3 is 24.1 Å². The molecule has 1 N–H and O–H groups in total. The largest absolute Gasteiger partial charge is 0.390 e. The van der Waals surface area contributed by atoms with E-state index in [-0.39, 0.29) is 18.8 Å². The maximum Gasteiger partial charge on any atom is 0.225 e. The molecule has 1 heterocycles. The number of Topliss-reactive ketones (excluding diaryl/α,β-unsaturated/α-hetero) is 1. The first-order chi connectivity index (χ1) is 8.58. The third-order valence-electron chi connectivity index (χ3n) is 3.55. The number of aliphatic hydroxyl groups excluding tert-OH is 1. The standard InChI is InChI=1S/C13H24O6/c1-11(2)18-8-12(3,19-11)9(14)7-10(15)13(4,16-5)17-6/h9,14H,7-8H2,1-6H3/t9-,12+/m1/s1. The molecule has 112 valence electrons. The summed E-state index contributed by atoms with van der Waals surface area (Å²) in [7, 11) is 2.77. The van der Waals surface area contributed by atoms with Crippen LogP contribution in [0.4, 0.5) is 0 Å². The summed E-state index contributed by atoms with van der Waals surface area (Å²) in [4.78, 5) is 12.1. The predicted octanol–water partition coefficient (Wildman–Crippen LogP) is 0.857. The lowest BCUT2D eigenvalue weighted by Gasteiger charge is -2.32. The zero-order chi connectivity index (χ0) is 14.9. The molecule has 1 fully saturated rings. The molecule has 0 aromatic carbocycles. The van der Waals surface area contributed by atoms with E-state index < -0.39 is 23.3 Å². The van der Waals surface area contributed by atoms with E-state index >= 15 is 0 Å². The molecule has 2 atom stereocenters. The summed E-state index contributed by atoms with van der Waals surface area (Å²) in [5.74, 6) is -2.46. The van der Waals surface area contributed by atoms with Crippen molar-refractivity contribution in [2.45, 2.75) is 57.4 Å². The Labute approximate surface area is 114 Å². The van der Waals surface area contributed by atoms with Gasteiger partial charge >= 0.3 is 0 Å². The second kappa shape index (κ2) is 5.46. The summed E-state index contributed by atoms with van der Waals surface area (Å²) in [6.07, 6.45) is -1.12. The molecule has 0 aliphatic carbocycles. The molecule has 0 saturated carbocycles. The SMILES string of the molecule is COC(C)(OC)C(=O)C[C@@H](O)[C@]1(C)COC(C)(C)O1. The highest BCUT2D eigenvalue weighted by atomic mass is 16.8. The van der Waals surface area contributed by atoms with Crippen LogP contribution in [0, 0.1) is 0 Å². The molecule has 0 radical (unpaired) electrons. The maximum absolute atomic E-state index is 12.1. The van der Waals surface area contributed by atoms with Gasteiger partial charge in [0.15, 0.2) is 11.6 Å². The topological polar surface area (TPSA) is 74.2 Å². The minimum Gasteiger partial charge on any atom is -0.390 e. The lowest BCUT2D eigenvalue weighted by Crippen LogP contribution is -2.48. The Hall–Kier alpha value is -0.530. The molecule has 6 heteroatoms. The van der Waals surface area contributed by atoms with E-state index in [2.05, 4.69) is 0 Å². The number of carbonyl (C=O) groups excluding carboxylic acids is 1. The normalized spacial score (nSPS) is 28.4. The number of ketones is 1. The first kappa shape index (κ1) is 16.5. The zero-order valence-electron chi connectivity index (χ0n) is 12.5. The minimum absolute atomic E-state index is 0.131. The van der Waals surface area contributed by atoms with Crippen LogP contribution >= 0.6 is 0 Å². The highest BCUT2D eigenvalue weighted by Crippen LogP contribution is 2.34. The van der Waals surface area contributed by atoms with Crippen LogP contribution in [0.25, 0.3) is 0 Å². The number of methoxy groups -OCH3 is 2. The van der Waals surface area contributed by atoms with Crippen molar-refractivity contribution < 1.29 is 28.8 Å². The number of ether oxygens (including phenoxy) is 4. The molecule has 1 aliphatic heterocycles. The molecule has 0 spiro atoms. The van der Waals surface area contributed by atoms with Gasteiger partial charge in [0, 0.05) is 20.6 Å². The molecular weight excluding hydrogens is 252 g/mol. The van der Waals surface area contributed by atoms with Crippen LogP contribution in [0.5, 0.6) is 0 Å². The summed E-state index contributed by atoms with van der Waals surface area (Å²) < 4.78 is 21.2. The van der Waals surface area contributed by atoms with Crippen LogP contribution in [0.3, 0.4) is 0 Å². The van der Waals surface area contributed by atoms with Crippen LogP contribution in [-0.4, -0.2) is 55.0 Å². The number of rotatable bonds is 6. The summed E-state index contributed by atoms with van der Waals surface area (Å²) in [5.41, 5.74) is -0.915. The molecule has 1 rings (SSSR count). The van der Waals surface area contributed by atoms with E-state index in [4.69, 9.17) is 18.9 Å². The molecule has 19 heavy (non-hydrogen) atoms. The van der Waals surface area contributed by atoms with Gasteiger partial charge in [0.25, 0.3) is 0 Å². The van der Waals surface area contributed by atoms with Crippen molar-refractivity contribution in [3.05, 3.63) is 0 Å². The van der Waals surface area contributed by atoms with Gasteiger partial charge in [-0.1, -0.05) is 0 Å². The summed E-state index contributed by atoms with van der Waals surface area (Å²) in [6.45, 7) is 6.99. The third-order valence-corrected chi connectivity index (χ3v) is 3.55. The maximum atomic E-state index is 12.1. The van der Waals surface area contributed by atoms with Crippen LogP contribution in [0.15, 0.2) is 0 Å². The highest BCUT2D eigenvalue weighted by Gasteiger charge is 2.48. The first-order valence-corrected chi connectivity index (χ1v) is 6.24. The lowest BCUT2D eigenvalue weighted by atomic mass is 9.93. The second-order valence-corrected chi connectivity index (χ2v) is 5.60. The van der Waals surface area contributed by atoms with Crippen molar-refractivity contribution in [3.8, 4) is 0 Å². The number of hydrogen-bond acceptors (Lipinski definition) is 6. The average molecular weight is 276 g/mol. The van der Waals surface area contributed by atoms with Crippen molar-refractivity contribution >= 4 is 5.78 Å². The fraction of sp³-hybridized carbons (Fsp3) is 0.923. The Morgan fingerprint density at radius 3 is 2.26 bits per heavy atom.